The van der Waals surface area contributed by atoms with Gasteiger partial charge in [0.05, 0.1) is 5.69 Å². The average molecular weight is 371 g/mol. The first-order valence-corrected chi connectivity index (χ1v) is 8.70. The first kappa shape index (κ1) is 19.2. The minimum atomic E-state index is -2.99. The number of amidine groups is 1. The van der Waals surface area contributed by atoms with Crippen molar-refractivity contribution >= 4 is 34.4 Å². The summed E-state index contributed by atoms with van der Waals surface area (Å²) in [7, 11) is 0. The molecule has 1 saturated heterocycles. The minimum Gasteiger partial charge on any atom is -0.433 e. The van der Waals surface area contributed by atoms with Crippen molar-refractivity contribution in [1.82, 2.24) is 4.90 Å². The first-order valence-electron chi connectivity index (χ1n) is 7.82. The van der Waals surface area contributed by atoms with Gasteiger partial charge in [0.2, 0.25) is 11.8 Å². The number of alkyl halides is 2. The largest absolute Gasteiger partial charge is 0.433 e. The number of amides is 2. The standard InChI is InChI=1S/C16H19F2N3O3S/c1-3-19-16-21(4-2)14(23)12(25-16)9-13(22)20-10-7-5-6-8-11(10)24-15(17)18/h5-8,12,15H,3-4,9H2,1-2H3,(H,20,22)/t12-/m0/s1. The number of anilines is 1. The van der Waals surface area contributed by atoms with Crippen LogP contribution in [0.5, 0.6) is 5.75 Å². The number of nitrogens with one attached hydrogen (secondary N) is 1. The van der Waals surface area contributed by atoms with E-state index in [0.29, 0.717) is 18.3 Å². The van der Waals surface area contributed by atoms with Gasteiger partial charge in [0.15, 0.2) is 5.17 Å². The predicted molar refractivity (Wildman–Crippen MR) is 93.1 cm³/mol. The second-order valence-corrected chi connectivity index (χ2v) is 6.24. The monoisotopic (exact) mass is 371 g/mol. The summed E-state index contributed by atoms with van der Waals surface area (Å²) in [4.78, 5) is 30.4. The van der Waals surface area contributed by atoms with Gasteiger partial charge in [0.25, 0.3) is 0 Å². The van der Waals surface area contributed by atoms with E-state index >= 15 is 0 Å². The molecule has 1 atom stereocenters. The van der Waals surface area contributed by atoms with Crippen LogP contribution in [0.15, 0.2) is 29.3 Å². The summed E-state index contributed by atoms with van der Waals surface area (Å²) < 4.78 is 29.2. The quantitative estimate of drug-likeness (QED) is 0.800. The summed E-state index contributed by atoms with van der Waals surface area (Å²) in [5.74, 6) is -0.753. The van der Waals surface area contributed by atoms with Crippen LogP contribution in [-0.2, 0) is 9.59 Å². The fourth-order valence-electron chi connectivity index (χ4n) is 2.33. The molecule has 0 bridgehead atoms. The second kappa shape index (κ2) is 8.80. The van der Waals surface area contributed by atoms with Crippen LogP contribution in [0.2, 0.25) is 0 Å². The first-order chi connectivity index (χ1) is 12.0. The van der Waals surface area contributed by atoms with Crippen LogP contribution in [0.1, 0.15) is 20.3 Å². The van der Waals surface area contributed by atoms with E-state index in [1.165, 1.54) is 30.0 Å². The molecule has 1 aromatic carbocycles. The molecule has 1 aliphatic heterocycles. The summed E-state index contributed by atoms with van der Waals surface area (Å²) in [5, 5.41) is 2.55. The molecule has 0 unspecified atom stereocenters. The van der Waals surface area contributed by atoms with Gasteiger partial charge in [0.1, 0.15) is 11.0 Å². The topological polar surface area (TPSA) is 71.0 Å². The third-order valence-electron chi connectivity index (χ3n) is 3.38. The normalized spacial score (nSPS) is 18.9. The lowest BCUT2D eigenvalue weighted by Gasteiger charge is -2.14. The summed E-state index contributed by atoms with van der Waals surface area (Å²) in [5.41, 5.74) is 0.137. The Hall–Kier alpha value is -2.16. The lowest BCUT2D eigenvalue weighted by atomic mass is 10.2. The minimum absolute atomic E-state index is 0.0776. The molecular formula is C16H19F2N3O3S. The van der Waals surface area contributed by atoms with Crippen molar-refractivity contribution in [2.45, 2.75) is 32.1 Å². The summed E-state index contributed by atoms with van der Waals surface area (Å²) in [6.45, 7) is 1.74. The van der Waals surface area contributed by atoms with Gasteiger partial charge < -0.3 is 10.1 Å². The van der Waals surface area contributed by atoms with E-state index in [2.05, 4.69) is 15.0 Å². The maximum atomic E-state index is 12.4. The van der Waals surface area contributed by atoms with Crippen molar-refractivity contribution in [3.8, 4) is 5.75 Å². The van der Waals surface area contributed by atoms with Gasteiger partial charge in [0, 0.05) is 19.5 Å². The van der Waals surface area contributed by atoms with Crippen molar-refractivity contribution < 1.29 is 23.1 Å². The Kier molecular flexibility index (Phi) is 6.74. The Balaban J connectivity index is 2.04. The molecule has 0 radical (unpaired) electrons. The molecule has 1 aromatic rings. The Morgan fingerprint density at radius 1 is 1.40 bits per heavy atom. The number of benzene rings is 1. The van der Waals surface area contributed by atoms with Crippen LogP contribution >= 0.6 is 11.8 Å². The molecule has 2 rings (SSSR count). The number of hydrogen-bond donors (Lipinski definition) is 1. The van der Waals surface area contributed by atoms with Crippen LogP contribution in [-0.4, -0.2) is 46.8 Å². The maximum absolute atomic E-state index is 12.4. The van der Waals surface area contributed by atoms with Crippen molar-refractivity contribution in [2.75, 3.05) is 18.4 Å². The van der Waals surface area contributed by atoms with Gasteiger partial charge in [-0.2, -0.15) is 8.78 Å². The maximum Gasteiger partial charge on any atom is 0.387 e. The number of rotatable bonds is 7. The zero-order valence-electron chi connectivity index (χ0n) is 13.9. The fraction of sp³-hybridized carbons (Fsp3) is 0.438. The number of halogens is 2. The van der Waals surface area contributed by atoms with E-state index < -0.39 is 17.8 Å². The highest BCUT2D eigenvalue weighted by atomic mass is 32.2. The lowest BCUT2D eigenvalue weighted by molar-refractivity contribution is -0.128. The van der Waals surface area contributed by atoms with E-state index in [9.17, 15) is 18.4 Å². The highest BCUT2D eigenvalue weighted by Gasteiger charge is 2.38. The van der Waals surface area contributed by atoms with E-state index in [-0.39, 0.29) is 23.8 Å². The summed E-state index contributed by atoms with van der Waals surface area (Å²) in [6, 6.07) is 5.91. The van der Waals surface area contributed by atoms with Gasteiger partial charge >= 0.3 is 6.61 Å². The average Bonchev–Trinajstić information content (AvgIpc) is 2.84. The molecule has 136 valence electrons. The third-order valence-corrected chi connectivity index (χ3v) is 4.59. The van der Waals surface area contributed by atoms with Crippen molar-refractivity contribution in [3.05, 3.63) is 24.3 Å². The van der Waals surface area contributed by atoms with Crippen LogP contribution in [0.4, 0.5) is 14.5 Å². The molecule has 0 aromatic heterocycles. The Bertz CT molecular complexity index is 670. The third kappa shape index (κ3) is 4.91. The van der Waals surface area contributed by atoms with E-state index in [0.717, 1.165) is 0 Å². The van der Waals surface area contributed by atoms with Gasteiger partial charge in [-0.3, -0.25) is 19.5 Å². The molecule has 1 N–H and O–H groups in total. The highest BCUT2D eigenvalue weighted by molar-refractivity contribution is 8.15. The fourth-order valence-corrected chi connectivity index (χ4v) is 3.59. The van der Waals surface area contributed by atoms with E-state index in [4.69, 9.17) is 0 Å². The Morgan fingerprint density at radius 3 is 2.76 bits per heavy atom. The lowest BCUT2D eigenvalue weighted by Crippen LogP contribution is -2.33. The number of carbonyl (C=O) groups is 2. The van der Waals surface area contributed by atoms with Crippen LogP contribution in [0.25, 0.3) is 0 Å². The molecule has 9 heteroatoms. The Labute approximate surface area is 148 Å². The summed E-state index contributed by atoms with van der Waals surface area (Å²) in [6.07, 6.45) is -0.0776. The zero-order valence-corrected chi connectivity index (χ0v) is 14.7. The van der Waals surface area contributed by atoms with Crippen molar-refractivity contribution in [3.63, 3.8) is 0 Å². The van der Waals surface area contributed by atoms with E-state index in [1.807, 2.05) is 13.8 Å². The van der Waals surface area contributed by atoms with Gasteiger partial charge in [-0.15, -0.1) is 0 Å². The smallest absolute Gasteiger partial charge is 0.387 e. The SMILES string of the molecule is CCN=C1S[C@@H](CC(=O)Nc2ccccc2OC(F)F)C(=O)N1CC. The van der Waals surface area contributed by atoms with Crippen molar-refractivity contribution in [2.24, 2.45) is 4.99 Å². The van der Waals surface area contributed by atoms with Crippen LogP contribution in [0.3, 0.4) is 0 Å². The van der Waals surface area contributed by atoms with E-state index in [1.54, 1.807) is 11.0 Å². The molecule has 0 spiro atoms. The molecule has 1 aliphatic rings. The molecule has 25 heavy (non-hydrogen) atoms. The summed E-state index contributed by atoms with van der Waals surface area (Å²) >= 11 is 1.24. The molecule has 0 aliphatic carbocycles. The Morgan fingerprint density at radius 2 is 2.12 bits per heavy atom. The number of hydrogen-bond acceptors (Lipinski definition) is 5. The van der Waals surface area contributed by atoms with Crippen LogP contribution in [0, 0.1) is 0 Å². The second-order valence-electron chi connectivity index (χ2n) is 5.07. The number of para-hydroxylation sites is 2. The highest BCUT2D eigenvalue weighted by Crippen LogP contribution is 2.31. The number of nitrogens with zero attached hydrogens (tertiary/aromatic N) is 2. The van der Waals surface area contributed by atoms with Gasteiger partial charge in [-0.05, 0) is 26.0 Å². The number of ether oxygens (including phenoxy) is 1. The number of carbonyl (C=O) groups excluding carboxylic acids is 2. The molecule has 2 amide bonds. The zero-order chi connectivity index (χ0) is 18.4. The molecule has 1 heterocycles. The number of aliphatic imine (C=N–C) groups is 1. The molecule has 1 fully saturated rings. The molecule has 6 nitrogen and oxygen atoms in total. The number of thioether (sulfide) groups is 1. The predicted octanol–water partition coefficient (Wildman–Crippen LogP) is 2.96. The van der Waals surface area contributed by atoms with Gasteiger partial charge in [-0.1, -0.05) is 23.9 Å². The van der Waals surface area contributed by atoms with Crippen LogP contribution < -0.4 is 10.1 Å². The molecular weight excluding hydrogens is 352 g/mol. The molecule has 0 saturated carbocycles. The van der Waals surface area contributed by atoms with Gasteiger partial charge in [-0.25, -0.2) is 0 Å². The van der Waals surface area contributed by atoms with Crippen molar-refractivity contribution in [1.29, 1.82) is 0 Å².